The molecule has 0 spiro atoms. The predicted molar refractivity (Wildman–Crippen MR) is 210 cm³/mol. The van der Waals surface area contributed by atoms with Gasteiger partial charge in [-0.3, -0.25) is 28.9 Å². The Morgan fingerprint density at radius 2 is 1.67 bits per heavy atom. The highest BCUT2D eigenvalue weighted by Crippen LogP contribution is 2.36. The Labute approximate surface area is 328 Å². The van der Waals surface area contributed by atoms with Crippen molar-refractivity contribution in [1.29, 1.82) is 0 Å². The van der Waals surface area contributed by atoms with E-state index in [4.69, 9.17) is 10.7 Å². The lowest BCUT2D eigenvalue weighted by atomic mass is 9.97. The number of nitrogens with two attached hydrogens (primary N) is 1. The van der Waals surface area contributed by atoms with E-state index >= 15 is 0 Å². The van der Waals surface area contributed by atoms with E-state index in [2.05, 4.69) is 41.7 Å². The molecule has 1 aliphatic heterocycles. The molecule has 298 valence electrons. The third kappa shape index (κ3) is 11.0. The number of halogens is 4. The highest BCUT2D eigenvalue weighted by atomic mass is 79.9. The molecular formula is C40H50BrF3N6O5. The number of nitrogens with zero attached hydrogens (tertiary/aromatic N) is 4. The summed E-state index contributed by atoms with van der Waals surface area (Å²) < 4.78 is 41.9. The number of carbonyl (C=O) groups is 4. The number of rotatable bonds is 12. The van der Waals surface area contributed by atoms with Crippen LogP contribution in [-0.4, -0.2) is 68.0 Å². The van der Waals surface area contributed by atoms with Gasteiger partial charge in [0.25, 0.3) is 17.4 Å². The molecule has 2 aromatic carbocycles. The highest BCUT2D eigenvalue weighted by Gasteiger charge is 2.36. The fraction of sp³-hybridized carbons (Fsp3) is 0.450. The summed E-state index contributed by atoms with van der Waals surface area (Å²) in [6.07, 6.45) is -1.35. The number of anilines is 1. The van der Waals surface area contributed by atoms with Crippen LogP contribution in [0.25, 0.3) is 5.69 Å². The van der Waals surface area contributed by atoms with Crippen molar-refractivity contribution in [3.05, 3.63) is 97.9 Å². The average Bonchev–Trinajstić information content (AvgIpc) is 3.13. The molecule has 0 saturated carbocycles. The first kappa shape index (κ1) is 44.8. The van der Waals surface area contributed by atoms with Crippen LogP contribution in [0, 0.1) is 5.92 Å². The van der Waals surface area contributed by atoms with Gasteiger partial charge in [0.15, 0.2) is 0 Å². The Hall–Kier alpha value is -4.63. The number of carbonyl (C=O) groups excluding carboxylic acids is 4. The molecule has 3 aromatic rings. The quantitative estimate of drug-likeness (QED) is 0.181. The summed E-state index contributed by atoms with van der Waals surface area (Å²) in [6, 6.07) is 7.84. The Kier molecular flexibility index (Phi) is 15.7. The Bertz CT molecular complexity index is 1950. The molecule has 4 rings (SSSR count). The number of amides is 3. The lowest BCUT2D eigenvalue weighted by Gasteiger charge is -2.35. The zero-order valence-corrected chi connectivity index (χ0v) is 33.9. The van der Waals surface area contributed by atoms with Crippen molar-refractivity contribution in [3.63, 3.8) is 0 Å². The third-order valence-electron chi connectivity index (χ3n) is 9.06. The van der Waals surface area contributed by atoms with E-state index in [1.807, 2.05) is 13.8 Å². The van der Waals surface area contributed by atoms with Crippen molar-refractivity contribution >= 4 is 45.4 Å². The summed E-state index contributed by atoms with van der Waals surface area (Å²) in [5, 5.41) is 3.13. The number of imide groups is 1. The summed E-state index contributed by atoms with van der Waals surface area (Å²) in [5.41, 5.74) is 5.51. The van der Waals surface area contributed by atoms with Crippen molar-refractivity contribution in [3.8, 4) is 5.69 Å². The van der Waals surface area contributed by atoms with Gasteiger partial charge in [-0.25, -0.2) is 9.55 Å². The smallest absolute Gasteiger partial charge is 0.349 e. The molecule has 3 N–H and O–H groups in total. The Morgan fingerprint density at radius 1 is 1.07 bits per heavy atom. The maximum Gasteiger partial charge on any atom is 0.417 e. The molecule has 55 heavy (non-hydrogen) atoms. The average molecular weight is 832 g/mol. The van der Waals surface area contributed by atoms with Crippen molar-refractivity contribution < 1.29 is 32.3 Å². The van der Waals surface area contributed by atoms with Crippen LogP contribution in [0.15, 0.2) is 64.4 Å². The molecule has 1 aromatic heterocycles. The second-order valence-electron chi connectivity index (χ2n) is 14.0. The summed E-state index contributed by atoms with van der Waals surface area (Å²) in [5.74, 6) is -1.69. The zero-order chi connectivity index (χ0) is 41.4. The first-order valence-electron chi connectivity index (χ1n) is 18.2. The minimum Gasteiger partial charge on any atom is -0.349 e. The molecule has 0 saturated heterocycles. The molecule has 2 heterocycles. The van der Waals surface area contributed by atoms with Crippen LogP contribution in [0.2, 0.25) is 0 Å². The fourth-order valence-corrected chi connectivity index (χ4v) is 6.22. The van der Waals surface area contributed by atoms with Gasteiger partial charge >= 0.3 is 6.18 Å². The number of aromatic nitrogens is 2. The van der Waals surface area contributed by atoms with Gasteiger partial charge in [-0.2, -0.15) is 13.2 Å². The van der Waals surface area contributed by atoms with Gasteiger partial charge in [0, 0.05) is 53.1 Å². The Morgan fingerprint density at radius 3 is 2.24 bits per heavy atom. The lowest BCUT2D eigenvalue weighted by molar-refractivity contribution is -0.138. The second kappa shape index (κ2) is 19.3. The molecule has 11 nitrogen and oxygen atoms in total. The fourth-order valence-electron chi connectivity index (χ4n) is 5.75. The maximum absolute atomic E-state index is 14.1. The van der Waals surface area contributed by atoms with Crippen LogP contribution in [0.1, 0.15) is 105 Å². The molecular weight excluding hydrogens is 781 g/mol. The van der Waals surface area contributed by atoms with Crippen LogP contribution in [0.3, 0.4) is 0 Å². The predicted octanol–water partition coefficient (Wildman–Crippen LogP) is 7.32. The Balaban J connectivity index is 0.00000262. The van der Waals surface area contributed by atoms with E-state index in [1.165, 1.54) is 47.2 Å². The molecule has 0 aliphatic carbocycles. The topological polar surface area (TPSA) is 148 Å². The first-order valence-corrected chi connectivity index (χ1v) is 19.0. The van der Waals surface area contributed by atoms with Gasteiger partial charge in [-0.05, 0) is 75.1 Å². The van der Waals surface area contributed by atoms with Crippen LogP contribution in [0.5, 0.6) is 0 Å². The summed E-state index contributed by atoms with van der Waals surface area (Å²) in [6.45, 7) is 15.1. The third-order valence-corrected chi connectivity index (χ3v) is 9.75. The van der Waals surface area contributed by atoms with Gasteiger partial charge in [0.1, 0.15) is 5.78 Å². The molecule has 3 atom stereocenters. The number of Topliss-reactive ketones (excluding diaryl/α,β-unsaturated/α-hetero) is 1. The van der Waals surface area contributed by atoms with E-state index in [1.54, 1.807) is 32.1 Å². The van der Waals surface area contributed by atoms with Gasteiger partial charge in [-0.15, -0.1) is 6.58 Å². The lowest BCUT2D eigenvalue weighted by Crippen LogP contribution is -2.46. The van der Waals surface area contributed by atoms with Crippen molar-refractivity contribution in [2.45, 2.75) is 104 Å². The van der Waals surface area contributed by atoms with Crippen LogP contribution in [0.4, 0.5) is 19.1 Å². The molecule has 0 bridgehead atoms. The SMILES string of the molecule is C=C[C@H](C)Nc1nc2c(c(=O)n1-c1ccc(C(=O)N(C)C(=O)CCCC(=O)C(N)C(C)C)cc1)C[C@@H](C)N(C(=O)c1ccc(Br)c(C(F)(F)F)c1)C2.CCC. The van der Waals surface area contributed by atoms with Crippen molar-refractivity contribution in [2.24, 2.45) is 11.7 Å². The van der Waals surface area contributed by atoms with E-state index in [0.29, 0.717) is 16.9 Å². The van der Waals surface area contributed by atoms with Gasteiger partial charge in [0.05, 0.1) is 29.5 Å². The van der Waals surface area contributed by atoms with Crippen molar-refractivity contribution in [2.75, 3.05) is 12.4 Å². The number of fused-ring (bicyclic) bond motifs is 1. The molecule has 1 aliphatic rings. The largest absolute Gasteiger partial charge is 0.417 e. The summed E-state index contributed by atoms with van der Waals surface area (Å²) >= 11 is 2.90. The van der Waals surface area contributed by atoms with E-state index in [-0.39, 0.29) is 71.5 Å². The minimum absolute atomic E-state index is 0.0112. The van der Waals surface area contributed by atoms with Crippen molar-refractivity contribution in [1.82, 2.24) is 19.4 Å². The van der Waals surface area contributed by atoms with E-state index < -0.39 is 47.1 Å². The summed E-state index contributed by atoms with van der Waals surface area (Å²) in [4.78, 5) is 72.8. The van der Waals surface area contributed by atoms with Gasteiger partial charge < -0.3 is 16.0 Å². The standard InChI is InChI=1S/C37H42BrF3N6O5.C3H8/c1-7-21(4)43-36-44-29-19-46(34(51)24-13-16-28(38)27(18-24)37(39,40)41)22(5)17-26(29)35(52)47(36)25-14-11-23(12-15-25)33(50)45(6)31(49)10-8-9-30(48)32(42)20(2)3;1-3-2/h7,11-16,18,20-22,32H,1,8-10,17,19,42H2,2-6H3,(H,43,44);3H2,1-2H3/t21-,22+,32?;/m0./s1. The minimum atomic E-state index is -4.67. The molecule has 3 amide bonds. The normalized spacial score (nSPS) is 14.9. The summed E-state index contributed by atoms with van der Waals surface area (Å²) in [7, 11) is 1.36. The van der Waals surface area contributed by atoms with Crippen LogP contribution in [-0.2, 0) is 28.7 Å². The monoisotopic (exact) mass is 830 g/mol. The number of nitrogens with one attached hydrogen (secondary N) is 1. The van der Waals surface area contributed by atoms with Crippen LogP contribution < -0.4 is 16.6 Å². The highest BCUT2D eigenvalue weighted by molar-refractivity contribution is 9.10. The van der Waals surface area contributed by atoms with E-state index in [9.17, 15) is 37.1 Å². The maximum atomic E-state index is 14.1. The van der Waals surface area contributed by atoms with Gasteiger partial charge in [0.2, 0.25) is 11.9 Å². The number of ketones is 1. The second-order valence-corrected chi connectivity index (χ2v) is 14.8. The zero-order valence-electron chi connectivity index (χ0n) is 32.3. The first-order chi connectivity index (χ1) is 25.8. The molecule has 1 unspecified atom stereocenters. The molecule has 0 radical (unpaired) electrons. The number of hydrogen-bond donors (Lipinski definition) is 2. The van der Waals surface area contributed by atoms with Gasteiger partial charge in [-0.1, -0.05) is 56.1 Å². The number of benzene rings is 2. The molecule has 0 fully saturated rings. The number of alkyl halides is 3. The van der Waals surface area contributed by atoms with E-state index in [0.717, 1.165) is 11.0 Å². The number of hydrogen-bond acceptors (Lipinski definition) is 8. The van der Waals surface area contributed by atoms with Crippen LogP contribution >= 0.6 is 15.9 Å². The molecule has 15 heteroatoms.